The van der Waals surface area contributed by atoms with E-state index in [9.17, 15) is 9.59 Å². The molecule has 0 saturated heterocycles. The molecule has 1 rings (SSSR count). The van der Waals surface area contributed by atoms with Crippen molar-refractivity contribution in [2.24, 2.45) is 5.16 Å². The molecule has 1 aromatic rings. The van der Waals surface area contributed by atoms with Crippen LogP contribution in [0.15, 0.2) is 29.4 Å². The van der Waals surface area contributed by atoms with Gasteiger partial charge in [0.25, 0.3) is 5.91 Å². The predicted molar refractivity (Wildman–Crippen MR) is 58.3 cm³/mol. The molecule has 0 aliphatic rings. The molecule has 0 aliphatic carbocycles. The maximum atomic E-state index is 11.1. The lowest BCUT2D eigenvalue weighted by Gasteiger charge is -2.03. The van der Waals surface area contributed by atoms with Crippen molar-refractivity contribution < 1.29 is 14.8 Å². The largest absolute Gasteiger partial charge is 0.411 e. The van der Waals surface area contributed by atoms with Gasteiger partial charge in [-0.15, -0.1) is 0 Å². The Morgan fingerprint density at radius 1 is 1.44 bits per heavy atom. The highest BCUT2D eigenvalue weighted by atomic mass is 16.4. The van der Waals surface area contributed by atoms with Crippen LogP contribution >= 0.6 is 0 Å². The molecule has 80 valence electrons. The molecule has 0 heterocycles. The van der Waals surface area contributed by atoms with Crippen molar-refractivity contribution in [3.8, 4) is 11.8 Å². The van der Waals surface area contributed by atoms with E-state index in [0.29, 0.717) is 17.5 Å². The van der Waals surface area contributed by atoms with E-state index in [-0.39, 0.29) is 0 Å². The van der Waals surface area contributed by atoms with E-state index in [1.165, 1.54) is 0 Å². The highest BCUT2D eigenvalue weighted by Gasteiger charge is 2.02. The SMILES string of the molecule is O=CC#Cc1ccccc1NC(=O)C=NO. The molecule has 0 fully saturated rings. The Kier molecular flexibility index (Phi) is 4.29. The number of oxime groups is 1. The molecule has 0 aliphatic heterocycles. The summed E-state index contributed by atoms with van der Waals surface area (Å²) in [4.78, 5) is 21.2. The van der Waals surface area contributed by atoms with E-state index in [1.54, 1.807) is 24.3 Å². The summed E-state index contributed by atoms with van der Waals surface area (Å²) >= 11 is 0. The van der Waals surface area contributed by atoms with Gasteiger partial charge in [0.15, 0.2) is 6.29 Å². The lowest BCUT2D eigenvalue weighted by Crippen LogP contribution is -2.13. The first kappa shape index (κ1) is 11.5. The van der Waals surface area contributed by atoms with Gasteiger partial charge in [0.05, 0.1) is 5.69 Å². The molecule has 0 saturated carbocycles. The number of hydrogen-bond donors (Lipinski definition) is 2. The zero-order valence-electron chi connectivity index (χ0n) is 8.18. The molecule has 0 radical (unpaired) electrons. The molecule has 2 N–H and O–H groups in total. The van der Waals surface area contributed by atoms with Gasteiger partial charge in [0, 0.05) is 5.56 Å². The third kappa shape index (κ3) is 3.27. The van der Waals surface area contributed by atoms with Crippen LogP contribution in [0.5, 0.6) is 0 Å². The molecular formula is C11H8N2O3. The number of carbonyl (C=O) groups excluding carboxylic acids is 2. The Morgan fingerprint density at radius 2 is 2.19 bits per heavy atom. The van der Waals surface area contributed by atoms with Gasteiger partial charge in [0.2, 0.25) is 0 Å². The normalized spacial score (nSPS) is 9.25. The van der Waals surface area contributed by atoms with Crippen molar-refractivity contribution >= 4 is 24.1 Å². The van der Waals surface area contributed by atoms with Gasteiger partial charge in [-0.2, -0.15) is 0 Å². The van der Waals surface area contributed by atoms with Crippen molar-refractivity contribution in [3.63, 3.8) is 0 Å². The molecule has 5 nitrogen and oxygen atoms in total. The molecule has 5 heteroatoms. The molecule has 0 atom stereocenters. The summed E-state index contributed by atoms with van der Waals surface area (Å²) in [6.45, 7) is 0. The number of aldehydes is 1. The summed E-state index contributed by atoms with van der Waals surface area (Å²) in [6, 6.07) is 6.71. The molecule has 0 spiro atoms. The number of carbonyl (C=O) groups is 2. The van der Waals surface area contributed by atoms with Crippen molar-refractivity contribution in [3.05, 3.63) is 29.8 Å². The van der Waals surface area contributed by atoms with E-state index in [2.05, 4.69) is 22.3 Å². The minimum atomic E-state index is -0.581. The van der Waals surface area contributed by atoms with Crippen LogP contribution in [0.3, 0.4) is 0 Å². The van der Waals surface area contributed by atoms with Gasteiger partial charge in [-0.3, -0.25) is 9.59 Å². The highest BCUT2D eigenvalue weighted by Crippen LogP contribution is 2.12. The molecule has 0 aromatic heterocycles. The number of para-hydroxylation sites is 1. The van der Waals surface area contributed by atoms with E-state index in [1.807, 2.05) is 0 Å². The molecule has 0 unspecified atom stereocenters. The van der Waals surface area contributed by atoms with E-state index in [4.69, 9.17) is 5.21 Å². The summed E-state index contributed by atoms with van der Waals surface area (Å²) < 4.78 is 0. The minimum absolute atomic E-state index is 0.446. The second-order valence-electron chi connectivity index (χ2n) is 2.67. The molecule has 1 amide bonds. The Hall–Kier alpha value is -2.61. The highest BCUT2D eigenvalue weighted by molar-refractivity contribution is 6.31. The summed E-state index contributed by atoms with van der Waals surface area (Å²) in [5.74, 6) is 4.24. The zero-order valence-corrected chi connectivity index (χ0v) is 8.18. The lowest BCUT2D eigenvalue weighted by atomic mass is 10.2. The average molecular weight is 216 g/mol. The van der Waals surface area contributed by atoms with Gasteiger partial charge in [-0.05, 0) is 18.1 Å². The van der Waals surface area contributed by atoms with Crippen LogP contribution in [-0.4, -0.2) is 23.6 Å². The Morgan fingerprint density at radius 3 is 2.88 bits per heavy atom. The maximum Gasteiger partial charge on any atom is 0.270 e. The maximum absolute atomic E-state index is 11.1. The molecule has 0 bridgehead atoms. The van der Waals surface area contributed by atoms with Crippen LogP contribution < -0.4 is 5.32 Å². The van der Waals surface area contributed by atoms with Gasteiger partial charge >= 0.3 is 0 Å². The number of amides is 1. The number of hydrogen-bond acceptors (Lipinski definition) is 4. The van der Waals surface area contributed by atoms with Crippen molar-refractivity contribution in [1.82, 2.24) is 0 Å². The first-order chi connectivity index (χ1) is 7.77. The summed E-state index contributed by atoms with van der Waals surface area (Å²) in [5.41, 5.74) is 0.955. The zero-order chi connectivity index (χ0) is 11.8. The lowest BCUT2D eigenvalue weighted by molar-refractivity contribution is -0.110. The monoisotopic (exact) mass is 216 g/mol. The van der Waals surface area contributed by atoms with Crippen molar-refractivity contribution in [2.45, 2.75) is 0 Å². The summed E-state index contributed by atoms with van der Waals surface area (Å²) in [6.07, 6.45) is 1.19. The quantitative estimate of drug-likeness (QED) is 0.250. The Bertz CT molecular complexity index is 483. The fourth-order valence-corrected chi connectivity index (χ4v) is 1.03. The molecule has 1 aromatic carbocycles. The summed E-state index contributed by atoms with van der Waals surface area (Å²) in [7, 11) is 0. The minimum Gasteiger partial charge on any atom is -0.411 e. The van der Waals surface area contributed by atoms with E-state index >= 15 is 0 Å². The van der Waals surface area contributed by atoms with Gasteiger partial charge < -0.3 is 10.5 Å². The number of nitrogens with one attached hydrogen (secondary N) is 1. The van der Waals surface area contributed by atoms with Crippen LogP contribution in [0.1, 0.15) is 5.56 Å². The Labute approximate surface area is 91.8 Å². The topological polar surface area (TPSA) is 78.8 Å². The van der Waals surface area contributed by atoms with Crippen LogP contribution in [0.4, 0.5) is 5.69 Å². The third-order valence-electron chi connectivity index (χ3n) is 1.63. The molecule has 16 heavy (non-hydrogen) atoms. The number of rotatable bonds is 2. The number of nitrogens with zero attached hydrogens (tertiary/aromatic N) is 1. The smallest absolute Gasteiger partial charge is 0.270 e. The predicted octanol–water partition coefficient (Wildman–Crippen LogP) is 0.635. The summed E-state index contributed by atoms with van der Waals surface area (Å²) in [5, 5.41) is 13.2. The standard InChI is InChI=1S/C11H8N2O3/c14-7-3-5-9-4-1-2-6-10(9)13-11(15)8-12-16/h1-2,4,6-8,16H,(H,13,15). The van der Waals surface area contributed by atoms with Gasteiger partial charge in [0.1, 0.15) is 6.21 Å². The van der Waals surface area contributed by atoms with E-state index < -0.39 is 5.91 Å². The first-order valence-corrected chi connectivity index (χ1v) is 4.30. The molecular weight excluding hydrogens is 208 g/mol. The number of benzene rings is 1. The second-order valence-corrected chi connectivity index (χ2v) is 2.67. The second kappa shape index (κ2) is 5.98. The fraction of sp³-hybridized carbons (Fsp3) is 0. The van der Waals surface area contributed by atoms with Crippen LogP contribution in [0.25, 0.3) is 0 Å². The van der Waals surface area contributed by atoms with Crippen LogP contribution in [-0.2, 0) is 9.59 Å². The van der Waals surface area contributed by atoms with Gasteiger partial charge in [-0.1, -0.05) is 23.2 Å². The van der Waals surface area contributed by atoms with Crippen LogP contribution in [0, 0.1) is 11.8 Å². The van der Waals surface area contributed by atoms with Crippen LogP contribution in [0.2, 0.25) is 0 Å². The van der Waals surface area contributed by atoms with Gasteiger partial charge in [-0.25, -0.2) is 0 Å². The van der Waals surface area contributed by atoms with E-state index in [0.717, 1.165) is 6.21 Å². The Balaban J connectivity index is 2.95. The van der Waals surface area contributed by atoms with Crippen molar-refractivity contribution in [1.29, 1.82) is 0 Å². The third-order valence-corrected chi connectivity index (χ3v) is 1.63. The van der Waals surface area contributed by atoms with Crippen molar-refractivity contribution in [2.75, 3.05) is 5.32 Å². The number of anilines is 1. The average Bonchev–Trinajstić information content (AvgIpc) is 2.28. The fourth-order valence-electron chi connectivity index (χ4n) is 1.03. The first-order valence-electron chi connectivity index (χ1n) is 4.30.